The molecule has 0 aliphatic rings. The largest absolute Gasteiger partial charge is 0.411 e. The van der Waals surface area contributed by atoms with Gasteiger partial charge in [0.15, 0.2) is 0 Å². The van der Waals surface area contributed by atoms with Crippen molar-refractivity contribution in [2.45, 2.75) is 0 Å². The molecule has 0 bridgehead atoms. The number of rotatable bonds is 7. The van der Waals surface area contributed by atoms with E-state index in [9.17, 15) is 14.4 Å². The van der Waals surface area contributed by atoms with E-state index >= 15 is 0 Å². The van der Waals surface area contributed by atoms with Crippen LogP contribution in [0.3, 0.4) is 0 Å². The Hall–Kier alpha value is -1.63. The van der Waals surface area contributed by atoms with Gasteiger partial charge in [-0.25, -0.2) is 0 Å². The van der Waals surface area contributed by atoms with Crippen molar-refractivity contribution in [3.8, 4) is 0 Å². The van der Waals surface area contributed by atoms with E-state index in [-0.39, 0.29) is 0 Å². The summed E-state index contributed by atoms with van der Waals surface area (Å²) >= 11 is 0. The summed E-state index contributed by atoms with van der Waals surface area (Å²) < 4.78 is 3.92. The summed E-state index contributed by atoms with van der Waals surface area (Å²) in [6.07, 6.45) is 1.73. The van der Waals surface area contributed by atoms with E-state index in [0.29, 0.717) is 19.2 Å². The van der Waals surface area contributed by atoms with Crippen LogP contribution in [0.15, 0.2) is 12.3 Å². The van der Waals surface area contributed by atoms with Gasteiger partial charge in [-0.1, -0.05) is 0 Å². The molecule has 7 heteroatoms. The minimum Gasteiger partial charge on any atom is -0.337 e. The highest BCUT2D eigenvalue weighted by molar-refractivity contribution is 6.80. The number of carbonyl (C=O) groups is 3. The average Bonchev–Trinajstić information content (AvgIpc) is 2.29. The standard InChI is InChI=1S/C8H15N3O3Si/c1-5-15(9(2)6-12,10(3)7-13)11(4)8-14/h5-8H,1H2,2-4H3. The first-order valence-electron chi connectivity index (χ1n) is 4.19. The SMILES string of the molecule is C=C[Si](N(C)C=O)(N(C)C=O)N(C)C=O. The van der Waals surface area contributed by atoms with E-state index in [1.54, 1.807) is 0 Å². The van der Waals surface area contributed by atoms with Crippen LogP contribution in [0.4, 0.5) is 0 Å². The molecule has 0 radical (unpaired) electrons. The van der Waals surface area contributed by atoms with Crippen molar-refractivity contribution in [3.63, 3.8) is 0 Å². The quantitative estimate of drug-likeness (QED) is 0.412. The van der Waals surface area contributed by atoms with Crippen LogP contribution in [-0.4, -0.2) is 62.6 Å². The summed E-state index contributed by atoms with van der Waals surface area (Å²) in [7, 11) is 1.62. The van der Waals surface area contributed by atoms with Crippen LogP contribution in [0, 0.1) is 0 Å². The first-order chi connectivity index (χ1) is 7.00. The molecule has 6 nitrogen and oxygen atoms in total. The molecule has 3 amide bonds. The zero-order valence-corrected chi connectivity index (χ0v) is 10.1. The van der Waals surface area contributed by atoms with E-state index < -0.39 is 8.56 Å². The van der Waals surface area contributed by atoms with Crippen molar-refractivity contribution in [2.75, 3.05) is 21.1 Å². The summed E-state index contributed by atoms with van der Waals surface area (Å²) in [5.74, 6) is 0. The molecule has 0 N–H and O–H groups in total. The zero-order valence-electron chi connectivity index (χ0n) is 9.08. The van der Waals surface area contributed by atoms with Crippen LogP contribution in [0.2, 0.25) is 0 Å². The molecule has 0 aliphatic carbocycles. The van der Waals surface area contributed by atoms with Gasteiger partial charge in [0.05, 0.1) is 0 Å². The van der Waals surface area contributed by atoms with Gasteiger partial charge in [0.2, 0.25) is 19.2 Å². The van der Waals surface area contributed by atoms with E-state index in [0.717, 1.165) is 0 Å². The molecule has 0 saturated carbocycles. The molecule has 15 heavy (non-hydrogen) atoms. The highest BCUT2D eigenvalue weighted by atomic mass is 28.4. The fraction of sp³-hybridized carbons (Fsp3) is 0.375. The first kappa shape index (κ1) is 13.4. The first-order valence-corrected chi connectivity index (χ1v) is 6.11. The van der Waals surface area contributed by atoms with Gasteiger partial charge in [0.25, 0.3) is 0 Å². The molecule has 0 aromatic carbocycles. The Labute approximate surface area is 90.0 Å². The maximum Gasteiger partial charge on any atom is 0.411 e. The highest BCUT2D eigenvalue weighted by Crippen LogP contribution is 2.13. The van der Waals surface area contributed by atoms with Crippen molar-refractivity contribution in [1.29, 1.82) is 0 Å². The molecule has 0 aliphatic heterocycles. The lowest BCUT2D eigenvalue weighted by Gasteiger charge is -2.43. The lowest BCUT2D eigenvalue weighted by atomic mass is 11.2. The van der Waals surface area contributed by atoms with Crippen LogP contribution in [-0.2, 0) is 14.4 Å². The number of hydrogen-bond acceptors (Lipinski definition) is 3. The minimum absolute atomic E-state index is 0.577. The van der Waals surface area contributed by atoms with Gasteiger partial charge in [0, 0.05) is 21.1 Å². The number of carbonyl (C=O) groups excluding carboxylic acids is 3. The van der Waals surface area contributed by atoms with Crippen LogP contribution in [0.1, 0.15) is 0 Å². The minimum atomic E-state index is -2.92. The van der Waals surface area contributed by atoms with Gasteiger partial charge in [-0.15, -0.1) is 6.58 Å². The Morgan fingerprint density at radius 1 is 0.867 bits per heavy atom. The second-order valence-corrected chi connectivity index (χ2v) is 6.94. The smallest absolute Gasteiger partial charge is 0.337 e. The Morgan fingerprint density at radius 3 is 1.27 bits per heavy atom. The monoisotopic (exact) mass is 229 g/mol. The molecule has 0 atom stereocenters. The van der Waals surface area contributed by atoms with Gasteiger partial charge < -0.3 is 13.7 Å². The molecule has 0 fully saturated rings. The fourth-order valence-corrected chi connectivity index (χ4v) is 4.23. The molecule has 0 saturated heterocycles. The van der Waals surface area contributed by atoms with E-state index in [4.69, 9.17) is 0 Å². The summed E-state index contributed by atoms with van der Waals surface area (Å²) in [6, 6.07) is 0. The Balaban J connectivity index is 5.46. The highest BCUT2D eigenvalue weighted by Gasteiger charge is 2.45. The van der Waals surface area contributed by atoms with Crippen LogP contribution < -0.4 is 0 Å². The summed E-state index contributed by atoms with van der Waals surface area (Å²) in [4.78, 5) is 32.3. The normalized spacial score (nSPS) is 10.1. The van der Waals surface area contributed by atoms with Crippen LogP contribution >= 0.6 is 0 Å². The van der Waals surface area contributed by atoms with Crippen LogP contribution in [0.25, 0.3) is 0 Å². The zero-order chi connectivity index (χ0) is 12.1. The van der Waals surface area contributed by atoms with Crippen molar-refractivity contribution < 1.29 is 14.4 Å². The maximum absolute atomic E-state index is 10.8. The topological polar surface area (TPSA) is 60.9 Å². The molecular weight excluding hydrogens is 214 g/mol. The number of nitrogens with zero attached hydrogens (tertiary/aromatic N) is 3. The average molecular weight is 229 g/mol. The van der Waals surface area contributed by atoms with Crippen molar-refractivity contribution in [2.24, 2.45) is 0 Å². The van der Waals surface area contributed by atoms with Crippen molar-refractivity contribution in [3.05, 3.63) is 12.3 Å². The number of hydrogen-bond donors (Lipinski definition) is 0. The summed E-state index contributed by atoms with van der Waals surface area (Å²) in [5, 5.41) is 0. The fourth-order valence-electron chi connectivity index (χ4n) is 1.41. The molecule has 0 heterocycles. The molecular formula is C8H15N3O3Si. The van der Waals surface area contributed by atoms with Crippen molar-refractivity contribution in [1.82, 2.24) is 13.7 Å². The lowest BCUT2D eigenvalue weighted by molar-refractivity contribution is -0.117. The second kappa shape index (κ2) is 5.30. The molecule has 0 unspecified atom stereocenters. The molecule has 84 valence electrons. The van der Waals surface area contributed by atoms with Crippen molar-refractivity contribution >= 4 is 27.8 Å². The van der Waals surface area contributed by atoms with Gasteiger partial charge in [-0.05, 0) is 5.70 Å². The molecule has 0 spiro atoms. The van der Waals surface area contributed by atoms with Gasteiger partial charge >= 0.3 is 8.56 Å². The van der Waals surface area contributed by atoms with Gasteiger partial charge in [-0.2, -0.15) is 0 Å². The summed E-state index contributed by atoms with van der Waals surface area (Å²) in [6.45, 7) is 3.60. The predicted molar refractivity (Wildman–Crippen MR) is 57.4 cm³/mol. The predicted octanol–water partition coefficient (Wildman–Crippen LogP) is -1.08. The summed E-state index contributed by atoms with van der Waals surface area (Å²) in [5.41, 5.74) is 1.48. The lowest BCUT2D eigenvalue weighted by Crippen LogP contribution is -2.70. The van der Waals surface area contributed by atoms with E-state index in [2.05, 4.69) is 6.58 Å². The molecule has 0 rings (SSSR count). The Bertz CT molecular complexity index is 236. The Morgan fingerprint density at radius 2 is 1.13 bits per heavy atom. The third-order valence-corrected chi connectivity index (χ3v) is 6.28. The molecule has 0 aromatic rings. The van der Waals surface area contributed by atoms with E-state index in [1.165, 1.54) is 40.5 Å². The maximum atomic E-state index is 10.8. The second-order valence-electron chi connectivity index (χ2n) is 3.04. The van der Waals surface area contributed by atoms with Crippen LogP contribution in [0.5, 0.6) is 0 Å². The Kier molecular flexibility index (Phi) is 4.72. The number of amides is 3. The third-order valence-electron chi connectivity index (χ3n) is 2.31. The van der Waals surface area contributed by atoms with E-state index in [1.807, 2.05) is 0 Å². The van der Waals surface area contributed by atoms with Gasteiger partial charge in [0.1, 0.15) is 0 Å². The third kappa shape index (κ3) is 2.07. The molecule has 0 aromatic heterocycles. The van der Waals surface area contributed by atoms with Gasteiger partial charge in [-0.3, -0.25) is 14.4 Å².